The predicted molar refractivity (Wildman–Crippen MR) is 177 cm³/mol. The van der Waals surface area contributed by atoms with Gasteiger partial charge < -0.3 is 29.5 Å². The number of aromatic nitrogens is 1. The van der Waals surface area contributed by atoms with E-state index >= 15 is 8.42 Å². The van der Waals surface area contributed by atoms with Crippen LogP contribution in [0, 0.1) is 0 Å². The fraction of sp³-hybridized carbons (Fsp3) is 0.424. The van der Waals surface area contributed by atoms with Crippen LogP contribution >= 0.6 is 11.6 Å². The Balaban J connectivity index is 1.70. The van der Waals surface area contributed by atoms with E-state index in [0.717, 1.165) is 13.1 Å². The fourth-order valence-electron chi connectivity index (χ4n) is 7.64. The number of nitrogens with one attached hydrogen (secondary N) is 1. The van der Waals surface area contributed by atoms with E-state index in [-0.39, 0.29) is 22.6 Å². The summed E-state index contributed by atoms with van der Waals surface area (Å²) in [7, 11) is 1.22. The normalized spacial score (nSPS) is 26.8. The average molecular weight is 701 g/mol. The van der Waals surface area contributed by atoms with Crippen LogP contribution in [-0.4, -0.2) is 110 Å². The minimum Gasteiger partial charge on any atom is -0.497 e. The number of fused-ring (bicyclic) bond motifs is 1. The quantitative estimate of drug-likeness (QED) is 0.199. The van der Waals surface area contributed by atoms with Crippen molar-refractivity contribution in [2.24, 2.45) is 0 Å². The van der Waals surface area contributed by atoms with Crippen molar-refractivity contribution in [1.82, 2.24) is 14.8 Å². The molecule has 15 heteroatoms. The van der Waals surface area contributed by atoms with Gasteiger partial charge in [0.25, 0.3) is 0 Å². The standard InChI is InChI=1S/C33H38ClN5O8S/c1-37-16-13-20(14-17-37)38-27(34)19-39(33(41)42,48(43,44)26-12-11-21(45-2)18-25(26)46-3)30(29(38)23-9-7-15-35-32(23)47-4)28-22-8-5-6-10-24(22)36-31(28)40/h5-12,15,18,20,27-30H,13-14,16-17,19H2,1-4H3,(H-,36,40,41,42)/p+1. The Bertz CT molecular complexity index is 1820. The fourth-order valence-corrected chi connectivity index (χ4v) is 10.3. The second kappa shape index (κ2) is 13.2. The molecule has 5 unspecified atom stereocenters. The molecule has 0 bridgehead atoms. The number of quaternary nitrogens is 1. The lowest BCUT2D eigenvalue weighted by Crippen LogP contribution is -2.75. The van der Waals surface area contributed by atoms with E-state index in [2.05, 4.69) is 15.2 Å². The van der Waals surface area contributed by atoms with Crippen molar-refractivity contribution in [3.63, 3.8) is 0 Å². The molecule has 0 spiro atoms. The lowest BCUT2D eigenvalue weighted by Gasteiger charge is -2.55. The number of hydrogen-bond donors (Lipinski definition) is 2. The summed E-state index contributed by atoms with van der Waals surface area (Å²) in [4.78, 5) is 36.5. The summed E-state index contributed by atoms with van der Waals surface area (Å²) in [5.41, 5.74) is 0.287. The summed E-state index contributed by atoms with van der Waals surface area (Å²) in [6, 6.07) is 11.7. The molecule has 2 N–H and O–H groups in total. The topological polar surface area (TPSA) is 148 Å². The predicted octanol–water partition coefficient (Wildman–Crippen LogP) is 4.11. The number of rotatable bonds is 8. The molecule has 0 saturated carbocycles. The highest BCUT2D eigenvalue weighted by atomic mass is 35.5. The maximum absolute atomic E-state index is 15.3. The first kappa shape index (κ1) is 33.9. The summed E-state index contributed by atoms with van der Waals surface area (Å²) >= 11 is 7.30. The van der Waals surface area contributed by atoms with Gasteiger partial charge in [-0.3, -0.25) is 9.69 Å². The van der Waals surface area contributed by atoms with Gasteiger partial charge >= 0.3 is 16.1 Å². The van der Waals surface area contributed by atoms with E-state index in [1.165, 1.54) is 45.7 Å². The molecule has 0 aliphatic carbocycles. The molecular formula is C33H39ClN5O8S+. The van der Waals surface area contributed by atoms with Crippen LogP contribution < -0.4 is 19.5 Å². The lowest BCUT2D eigenvalue weighted by atomic mass is 9.80. The Kier molecular flexibility index (Phi) is 9.30. The number of piperazine rings is 1. The van der Waals surface area contributed by atoms with Gasteiger partial charge in [0.1, 0.15) is 29.5 Å². The van der Waals surface area contributed by atoms with Crippen LogP contribution in [0.15, 0.2) is 65.7 Å². The number of anilines is 1. The van der Waals surface area contributed by atoms with Crippen molar-refractivity contribution in [3.05, 3.63) is 71.9 Å². The number of likely N-dealkylation sites (tertiary alicyclic amines) is 1. The van der Waals surface area contributed by atoms with Gasteiger partial charge in [-0.15, -0.1) is 3.89 Å². The molecule has 5 atom stereocenters. The van der Waals surface area contributed by atoms with Crippen LogP contribution in [0.25, 0.3) is 0 Å². The number of ether oxygens (including phenoxy) is 3. The highest BCUT2D eigenvalue weighted by Gasteiger charge is 2.70. The molecular weight excluding hydrogens is 662 g/mol. The molecule has 2 aromatic carbocycles. The van der Waals surface area contributed by atoms with Crippen LogP contribution in [0.4, 0.5) is 10.5 Å². The molecule has 3 aliphatic rings. The van der Waals surface area contributed by atoms with E-state index in [9.17, 15) is 14.7 Å². The number of amides is 2. The molecule has 4 heterocycles. The average Bonchev–Trinajstić information content (AvgIpc) is 3.42. The number of carbonyl (C=O) groups is 2. The number of carboxylic acid groups (broad SMARTS) is 1. The maximum Gasteiger partial charge on any atom is 0.529 e. The zero-order chi connectivity index (χ0) is 34.4. The van der Waals surface area contributed by atoms with E-state index in [1.54, 1.807) is 36.4 Å². The van der Waals surface area contributed by atoms with Gasteiger partial charge in [0.15, 0.2) is 10.9 Å². The molecule has 3 aliphatic heterocycles. The Morgan fingerprint density at radius 2 is 1.73 bits per heavy atom. The van der Waals surface area contributed by atoms with Crippen molar-refractivity contribution >= 4 is 39.3 Å². The number of benzene rings is 2. The number of sulfonamides is 1. The Morgan fingerprint density at radius 1 is 1.02 bits per heavy atom. The molecule has 6 rings (SSSR count). The van der Waals surface area contributed by atoms with Crippen molar-refractivity contribution in [2.75, 3.05) is 53.3 Å². The number of alkyl halides is 1. The summed E-state index contributed by atoms with van der Waals surface area (Å²) in [5.74, 6) is -1.38. The number of piperidine rings is 1. The van der Waals surface area contributed by atoms with E-state index < -0.39 is 56.0 Å². The summed E-state index contributed by atoms with van der Waals surface area (Å²) in [6.07, 6.45) is 1.22. The number of nitrogens with zero attached hydrogens (tertiary/aromatic N) is 4. The Labute approximate surface area is 284 Å². The van der Waals surface area contributed by atoms with Crippen molar-refractivity contribution in [3.8, 4) is 17.4 Å². The number of hydrogen-bond acceptors (Lipinski definition) is 10. The van der Waals surface area contributed by atoms with E-state index in [0.29, 0.717) is 35.4 Å². The molecule has 2 saturated heterocycles. The lowest BCUT2D eigenvalue weighted by molar-refractivity contribution is -0.777. The van der Waals surface area contributed by atoms with Gasteiger partial charge in [-0.25, -0.2) is 4.98 Å². The van der Waals surface area contributed by atoms with E-state index in [4.69, 9.17) is 25.8 Å². The van der Waals surface area contributed by atoms with E-state index in [1.807, 2.05) is 11.9 Å². The van der Waals surface area contributed by atoms with Crippen LogP contribution in [0.5, 0.6) is 17.4 Å². The van der Waals surface area contributed by atoms with Crippen LogP contribution in [0.1, 0.15) is 35.9 Å². The first-order chi connectivity index (χ1) is 23.0. The van der Waals surface area contributed by atoms with Gasteiger partial charge in [0, 0.05) is 29.6 Å². The SMILES string of the molecule is COc1ccc(S(=O)(=O)[N+]2(C(=O)O)CC(Cl)N(C3CCN(C)CC3)C(c3cccnc3OC)C2C2C(=O)Nc3ccccc32)c(OC)c1. The maximum atomic E-state index is 15.3. The number of para-hydroxylation sites is 1. The van der Waals surface area contributed by atoms with Crippen LogP contribution in [0.2, 0.25) is 0 Å². The number of halogens is 1. The molecule has 1 aromatic heterocycles. The summed E-state index contributed by atoms with van der Waals surface area (Å²) in [5, 5.41) is 14.3. The highest BCUT2D eigenvalue weighted by molar-refractivity contribution is 7.86. The minimum atomic E-state index is -4.96. The highest BCUT2D eigenvalue weighted by Crippen LogP contribution is 2.54. The zero-order valence-electron chi connectivity index (χ0n) is 27.1. The van der Waals surface area contributed by atoms with Crippen LogP contribution in [-0.2, 0) is 14.8 Å². The molecule has 13 nitrogen and oxygen atoms in total. The third kappa shape index (κ3) is 5.35. The van der Waals surface area contributed by atoms with Gasteiger partial charge in [-0.2, -0.15) is 13.2 Å². The number of methoxy groups -OCH3 is 3. The Morgan fingerprint density at radius 3 is 2.40 bits per heavy atom. The third-order valence-corrected chi connectivity index (χ3v) is 12.5. The van der Waals surface area contributed by atoms with Gasteiger partial charge in [0.2, 0.25) is 11.8 Å². The van der Waals surface area contributed by atoms with Gasteiger partial charge in [-0.05, 0) is 62.8 Å². The van der Waals surface area contributed by atoms with Gasteiger partial charge in [-0.1, -0.05) is 35.9 Å². The second-order valence-electron chi connectivity index (χ2n) is 12.3. The number of carbonyl (C=O) groups excluding carboxylic acids is 1. The van der Waals surface area contributed by atoms with Gasteiger partial charge in [0.05, 0.1) is 27.4 Å². The Hall–Kier alpha value is -3.95. The third-order valence-electron chi connectivity index (χ3n) is 9.87. The molecule has 2 amide bonds. The van der Waals surface area contributed by atoms with Crippen molar-refractivity contribution in [2.45, 2.75) is 47.3 Å². The summed E-state index contributed by atoms with van der Waals surface area (Å²) in [6.45, 7) is 0.926. The van der Waals surface area contributed by atoms with Crippen LogP contribution in [0.3, 0.4) is 0 Å². The molecule has 48 heavy (non-hydrogen) atoms. The zero-order valence-corrected chi connectivity index (χ0v) is 28.6. The smallest absolute Gasteiger partial charge is 0.497 e. The van der Waals surface area contributed by atoms with Crippen molar-refractivity contribution < 1.29 is 41.2 Å². The second-order valence-corrected chi connectivity index (χ2v) is 14.8. The molecule has 2 fully saturated rings. The monoisotopic (exact) mass is 700 g/mol. The first-order valence-corrected chi connectivity index (χ1v) is 17.4. The van der Waals surface area contributed by atoms with Crippen molar-refractivity contribution in [1.29, 1.82) is 0 Å². The summed E-state index contributed by atoms with van der Waals surface area (Å²) < 4.78 is 45.6. The number of pyridine rings is 1. The largest absolute Gasteiger partial charge is 0.529 e. The minimum absolute atomic E-state index is 0.109. The molecule has 0 radical (unpaired) electrons. The molecule has 3 aromatic rings. The first-order valence-electron chi connectivity index (χ1n) is 15.6. The molecule has 256 valence electrons.